The van der Waals surface area contributed by atoms with E-state index in [9.17, 15) is 0 Å². The van der Waals surface area contributed by atoms with E-state index in [2.05, 4.69) is 188 Å². The van der Waals surface area contributed by atoms with E-state index in [1.165, 1.54) is 88.7 Å². The second-order valence-corrected chi connectivity index (χ2v) is 15.5. The van der Waals surface area contributed by atoms with Crippen LogP contribution in [0.4, 0.5) is 0 Å². The molecule has 1 heterocycles. The maximum atomic E-state index is 6.71. The van der Waals surface area contributed by atoms with Gasteiger partial charge in [0.15, 0.2) is 0 Å². The summed E-state index contributed by atoms with van der Waals surface area (Å²) in [4.78, 5) is 0. The van der Waals surface area contributed by atoms with Crippen molar-refractivity contribution in [1.29, 1.82) is 0 Å². The maximum absolute atomic E-state index is 6.71. The molecule has 2 aliphatic rings. The van der Waals surface area contributed by atoms with Crippen LogP contribution in [0.3, 0.4) is 0 Å². The Morgan fingerprint density at radius 2 is 1.00 bits per heavy atom. The van der Waals surface area contributed by atoms with E-state index >= 15 is 0 Å². The summed E-state index contributed by atoms with van der Waals surface area (Å²) < 4.78 is 6.71. The average Bonchev–Trinajstić information content (AvgIpc) is 3.96. The molecule has 0 amide bonds. The van der Waals surface area contributed by atoms with Crippen LogP contribution in [0.25, 0.3) is 77.2 Å². The molecular weight excluding hydrogens is 677 g/mol. The molecule has 1 aromatic heterocycles. The van der Waals surface area contributed by atoms with E-state index < -0.39 is 0 Å². The Bertz CT molecular complexity index is 3180. The monoisotopic (exact) mass is 712 g/mol. The van der Waals surface area contributed by atoms with Gasteiger partial charge >= 0.3 is 0 Å². The smallest absolute Gasteiger partial charge is 0.143 e. The van der Waals surface area contributed by atoms with Crippen LogP contribution in [-0.2, 0) is 12.8 Å². The van der Waals surface area contributed by atoms with Crippen LogP contribution < -0.4 is 0 Å². The highest BCUT2D eigenvalue weighted by atomic mass is 16.3. The predicted molar refractivity (Wildman–Crippen MR) is 232 cm³/mol. The first-order chi connectivity index (χ1) is 27.8. The van der Waals surface area contributed by atoms with Gasteiger partial charge in [0, 0.05) is 22.3 Å². The van der Waals surface area contributed by atoms with Gasteiger partial charge in [-0.15, -0.1) is 0 Å². The highest BCUT2D eigenvalue weighted by Gasteiger charge is 2.32. The van der Waals surface area contributed by atoms with Gasteiger partial charge in [0.05, 0.1) is 0 Å². The molecule has 1 nitrogen and oxygen atoms in total. The molecule has 0 spiro atoms. The normalized spacial score (nSPS) is 13.1. The van der Waals surface area contributed by atoms with Crippen LogP contribution in [0, 0.1) is 0 Å². The van der Waals surface area contributed by atoms with Crippen LogP contribution in [-0.4, -0.2) is 0 Å². The van der Waals surface area contributed by atoms with E-state index in [0.717, 1.165) is 40.3 Å². The molecule has 1 heteroatoms. The number of hydrogen-bond acceptors (Lipinski definition) is 1. The molecule has 10 aromatic rings. The zero-order valence-corrected chi connectivity index (χ0v) is 30.8. The second-order valence-electron chi connectivity index (χ2n) is 15.5. The third-order valence-electron chi connectivity index (χ3n) is 12.5. The number of furan rings is 1. The molecule has 0 radical (unpaired) electrons. The molecule has 9 aromatic carbocycles. The Balaban J connectivity index is 1.08. The summed E-state index contributed by atoms with van der Waals surface area (Å²) in [6.07, 6.45) is 1.80. The average molecular weight is 713 g/mol. The minimum atomic E-state index is 0.0602. The second kappa shape index (κ2) is 12.3. The molecule has 0 saturated heterocycles. The molecule has 12 rings (SSSR count). The maximum Gasteiger partial charge on any atom is 0.143 e. The van der Waals surface area contributed by atoms with Gasteiger partial charge in [0.1, 0.15) is 11.2 Å². The first kappa shape index (κ1) is 31.4. The molecular formula is C55H36O. The molecule has 0 N–H and O–H groups in total. The zero-order chi connectivity index (χ0) is 36.7. The van der Waals surface area contributed by atoms with Crippen molar-refractivity contribution in [1.82, 2.24) is 0 Å². The van der Waals surface area contributed by atoms with E-state index in [4.69, 9.17) is 4.42 Å². The summed E-state index contributed by atoms with van der Waals surface area (Å²) in [5.74, 6) is 0.0602. The Labute approximate surface area is 326 Å². The van der Waals surface area contributed by atoms with Crippen LogP contribution in [0.2, 0.25) is 0 Å². The van der Waals surface area contributed by atoms with Gasteiger partial charge in [0.2, 0.25) is 0 Å². The third-order valence-corrected chi connectivity index (χ3v) is 12.5. The lowest BCUT2D eigenvalue weighted by atomic mass is 9.78. The van der Waals surface area contributed by atoms with Gasteiger partial charge in [-0.05, 0) is 114 Å². The summed E-state index contributed by atoms with van der Waals surface area (Å²) in [6.45, 7) is 0. The quantitative estimate of drug-likeness (QED) is 0.162. The molecule has 0 saturated carbocycles. The predicted octanol–water partition coefficient (Wildman–Crippen LogP) is 14.4. The Hall–Kier alpha value is -6.96. The van der Waals surface area contributed by atoms with E-state index in [0.29, 0.717) is 0 Å². The fourth-order valence-electron chi connectivity index (χ4n) is 10.0. The van der Waals surface area contributed by atoms with Gasteiger partial charge in [-0.25, -0.2) is 0 Å². The number of benzene rings is 9. The molecule has 262 valence electrons. The summed E-state index contributed by atoms with van der Waals surface area (Å²) in [5.41, 5.74) is 21.9. The highest BCUT2D eigenvalue weighted by molar-refractivity contribution is 6.14. The van der Waals surface area contributed by atoms with Crippen molar-refractivity contribution in [2.75, 3.05) is 0 Å². The van der Waals surface area contributed by atoms with E-state index in [1.807, 2.05) is 0 Å². The largest absolute Gasteiger partial charge is 0.455 e. The van der Waals surface area contributed by atoms with Crippen LogP contribution in [0.15, 0.2) is 192 Å². The molecule has 0 bridgehead atoms. The number of rotatable bonds is 5. The summed E-state index contributed by atoms with van der Waals surface area (Å²) in [7, 11) is 0. The van der Waals surface area contributed by atoms with E-state index in [1.54, 1.807) is 0 Å². The minimum absolute atomic E-state index is 0.0602. The molecule has 0 fully saturated rings. The first-order valence-electron chi connectivity index (χ1n) is 19.7. The number of para-hydroxylation sites is 2. The van der Waals surface area contributed by atoms with Gasteiger partial charge in [-0.3, -0.25) is 0 Å². The molecule has 0 aliphatic heterocycles. The van der Waals surface area contributed by atoms with Crippen molar-refractivity contribution in [3.63, 3.8) is 0 Å². The minimum Gasteiger partial charge on any atom is -0.455 e. The number of fused-ring (bicyclic) bond motifs is 10. The van der Waals surface area contributed by atoms with Gasteiger partial charge in [-0.2, -0.15) is 0 Å². The fourth-order valence-corrected chi connectivity index (χ4v) is 10.0. The van der Waals surface area contributed by atoms with Crippen molar-refractivity contribution < 1.29 is 4.42 Å². The lowest BCUT2D eigenvalue weighted by Crippen LogP contribution is -2.09. The highest BCUT2D eigenvalue weighted by Crippen LogP contribution is 2.52. The lowest BCUT2D eigenvalue weighted by Gasteiger charge is -2.25. The van der Waals surface area contributed by atoms with Crippen molar-refractivity contribution in [2.45, 2.75) is 18.8 Å². The van der Waals surface area contributed by atoms with Crippen molar-refractivity contribution in [3.05, 3.63) is 227 Å². The van der Waals surface area contributed by atoms with Crippen LogP contribution in [0.5, 0.6) is 0 Å². The van der Waals surface area contributed by atoms with E-state index in [-0.39, 0.29) is 5.92 Å². The summed E-state index contributed by atoms with van der Waals surface area (Å²) in [6, 6.07) is 69.5. The Kier molecular flexibility index (Phi) is 6.88. The zero-order valence-electron chi connectivity index (χ0n) is 30.8. The van der Waals surface area contributed by atoms with Gasteiger partial charge in [0.25, 0.3) is 0 Å². The van der Waals surface area contributed by atoms with Crippen LogP contribution >= 0.6 is 0 Å². The van der Waals surface area contributed by atoms with Crippen molar-refractivity contribution >= 4 is 32.7 Å². The first-order valence-corrected chi connectivity index (χ1v) is 19.7. The van der Waals surface area contributed by atoms with Gasteiger partial charge < -0.3 is 4.42 Å². The van der Waals surface area contributed by atoms with Crippen molar-refractivity contribution in [3.8, 4) is 44.5 Å². The van der Waals surface area contributed by atoms with Gasteiger partial charge in [-0.1, -0.05) is 176 Å². The molecule has 1 atom stereocenters. The third kappa shape index (κ3) is 4.68. The number of hydrogen-bond donors (Lipinski definition) is 0. The summed E-state index contributed by atoms with van der Waals surface area (Å²) in [5, 5.41) is 4.83. The van der Waals surface area contributed by atoms with Crippen LogP contribution in [0.1, 0.15) is 44.9 Å². The van der Waals surface area contributed by atoms with Crippen molar-refractivity contribution in [2.24, 2.45) is 0 Å². The molecule has 1 unspecified atom stereocenters. The Morgan fingerprint density at radius 3 is 1.84 bits per heavy atom. The Morgan fingerprint density at radius 1 is 0.393 bits per heavy atom. The fraction of sp³-hybridized carbons (Fsp3) is 0.0545. The standard InChI is InChI=1S/C55H36O/c1-2-13-34(14-3-1)35-27-29-36(30-28-35)53(44-22-10-20-41-39-17-6-4-15-37(39)31-48(41)44)45-23-11-21-42-49-32-38-16-5-7-18-40(38)54(51(49)33-50(42)45)47-25-12-24-46-43-19-8-9-26-52(43)56-55(46)47/h1-30,32,53H,31,33H2. The lowest BCUT2D eigenvalue weighted by molar-refractivity contribution is 0.670. The topological polar surface area (TPSA) is 13.1 Å². The molecule has 56 heavy (non-hydrogen) atoms. The summed E-state index contributed by atoms with van der Waals surface area (Å²) >= 11 is 0. The SMILES string of the molecule is c1ccc(-c2ccc(C(c3cccc4c3Cc3ccccc3-4)c3cccc4c3Cc3c-4cc4ccccc4c3-c3cccc4c3oc3ccccc34)cc2)cc1. The molecule has 2 aliphatic carbocycles.